The van der Waals surface area contributed by atoms with Gasteiger partial charge >= 0.3 is 0 Å². The van der Waals surface area contributed by atoms with Gasteiger partial charge in [0, 0.05) is 36.1 Å². The van der Waals surface area contributed by atoms with Crippen LogP contribution in [0.1, 0.15) is 24.6 Å². The fraction of sp³-hybridized carbons (Fsp3) is 0.769. The fourth-order valence-electron chi connectivity index (χ4n) is 5.23. The molecule has 2 saturated heterocycles. The molecule has 1 saturated carbocycles. The monoisotopic (exact) mass is 650 g/mol. The van der Waals surface area contributed by atoms with Gasteiger partial charge in [-0.2, -0.15) is 0 Å². The maximum atomic E-state index is 10.9. The zero-order chi connectivity index (χ0) is 32.9. The van der Waals surface area contributed by atoms with Crippen molar-refractivity contribution in [1.29, 1.82) is 0 Å². The van der Waals surface area contributed by atoms with Gasteiger partial charge in [-0.1, -0.05) is 19.1 Å². The predicted octanol–water partition coefficient (Wildman–Crippen LogP) is -6.01. The van der Waals surface area contributed by atoms with Crippen LogP contribution in [0.5, 0.6) is 0 Å². The number of nitrogens with zero attached hydrogens (tertiary/aromatic N) is 1. The number of hydrogen-bond donors (Lipinski definition) is 12. The van der Waals surface area contributed by atoms with Crippen molar-refractivity contribution < 1.29 is 54.7 Å². The lowest BCUT2D eigenvalue weighted by atomic mass is 9.84. The lowest BCUT2D eigenvalue weighted by Crippen LogP contribution is -2.68. The number of rotatable bonds is 8. The van der Waals surface area contributed by atoms with Crippen molar-refractivity contribution in [2.45, 2.75) is 112 Å². The molecule has 0 amide bonds. The number of aliphatic hydroxyl groups is 7. The first kappa shape index (κ1) is 36.9. The van der Waals surface area contributed by atoms with Crippen LogP contribution in [0.3, 0.4) is 0 Å². The summed E-state index contributed by atoms with van der Waals surface area (Å²) in [7, 11) is 0. The van der Waals surface area contributed by atoms with Gasteiger partial charge < -0.3 is 83.4 Å². The Hall–Kier alpha value is -1.56. The number of hydrogen-bond acceptors (Lipinski definition) is 17. The molecule has 3 heterocycles. The Morgan fingerprint density at radius 2 is 1.45 bits per heavy atom. The van der Waals surface area contributed by atoms with Crippen molar-refractivity contribution in [3.8, 4) is 0 Å². The summed E-state index contributed by atoms with van der Waals surface area (Å²) in [6.45, 7) is 1.28. The van der Waals surface area contributed by atoms with E-state index in [0.29, 0.717) is 4.99 Å². The van der Waals surface area contributed by atoms with E-state index in [1.165, 1.54) is 0 Å². The summed E-state index contributed by atoms with van der Waals surface area (Å²) in [5, 5.41) is 70.9. The standard InChI is InChI=1S/C18H36N4O11.C8H10N2S/c19-2-6-10(25)12(27)13(28)18(30-6)33-16-5(21)1-4(20)15(14(16)29)32-17-11(26)8(22)9(24)7(3-23)31-17;1-2-7-5-6(8(9)11)3-4-10-7/h4-18,23-29H,1-3,19-22H2;3-5H,2H2,1H3,(H2,9,11)/t4-,5+,6-,7-,8+,9-,10-,11-,12+,13-,14-,15+,16-,17-,18-;/m1./s1. The summed E-state index contributed by atoms with van der Waals surface area (Å²) >= 11 is 4.82. The number of aryl methyl sites for hydroxylation is 1. The van der Waals surface area contributed by atoms with Crippen molar-refractivity contribution in [2.75, 3.05) is 13.2 Å². The van der Waals surface area contributed by atoms with Crippen LogP contribution in [0.2, 0.25) is 0 Å². The van der Waals surface area contributed by atoms with Gasteiger partial charge in [0.1, 0.15) is 66.0 Å². The molecule has 17 N–H and O–H groups in total. The molecule has 0 unspecified atom stereocenters. The Kier molecular flexibility index (Phi) is 13.7. The molecule has 3 aliphatic rings. The summed E-state index contributed by atoms with van der Waals surface area (Å²) < 4.78 is 22.2. The molecule has 1 aromatic heterocycles. The van der Waals surface area contributed by atoms with E-state index in [1.54, 1.807) is 6.20 Å². The topological polar surface area (TPSA) is 322 Å². The lowest BCUT2D eigenvalue weighted by molar-refractivity contribution is -0.332. The molecule has 15 atom stereocenters. The Morgan fingerprint density at radius 1 is 0.886 bits per heavy atom. The van der Waals surface area contributed by atoms with E-state index in [0.717, 1.165) is 17.7 Å². The van der Waals surface area contributed by atoms with Crippen LogP contribution in [0.15, 0.2) is 18.3 Å². The van der Waals surface area contributed by atoms with Crippen LogP contribution in [-0.2, 0) is 25.4 Å². The minimum Gasteiger partial charge on any atom is -0.394 e. The Morgan fingerprint density at radius 3 is 1.98 bits per heavy atom. The third-order valence-corrected chi connectivity index (χ3v) is 8.18. The summed E-state index contributed by atoms with van der Waals surface area (Å²) in [5.41, 5.74) is 30.9. The minimum atomic E-state index is -1.66. The molecule has 3 fully saturated rings. The van der Waals surface area contributed by atoms with Crippen LogP contribution in [0, 0.1) is 0 Å². The highest BCUT2D eigenvalue weighted by Crippen LogP contribution is 2.31. The zero-order valence-corrected chi connectivity index (χ0v) is 25.0. The normalized spacial score (nSPS) is 42.7. The summed E-state index contributed by atoms with van der Waals surface area (Å²) in [6.07, 6.45) is -13.8. The second-order valence-electron chi connectivity index (χ2n) is 11.0. The molecule has 2 aliphatic heterocycles. The predicted molar refractivity (Wildman–Crippen MR) is 157 cm³/mol. The first-order valence-corrected chi connectivity index (χ1v) is 14.7. The van der Waals surface area contributed by atoms with Gasteiger partial charge in [0.05, 0.1) is 12.6 Å². The molecule has 4 rings (SSSR count). The Balaban J connectivity index is 0.000000404. The summed E-state index contributed by atoms with van der Waals surface area (Å²) in [4.78, 5) is 4.56. The maximum Gasteiger partial charge on any atom is 0.187 e. The van der Waals surface area contributed by atoms with Crippen LogP contribution >= 0.6 is 12.2 Å². The van der Waals surface area contributed by atoms with Gasteiger partial charge in [-0.05, 0) is 25.0 Å². The van der Waals surface area contributed by atoms with E-state index in [4.69, 9.17) is 59.8 Å². The molecule has 0 radical (unpaired) electrons. The first-order chi connectivity index (χ1) is 20.7. The number of pyridine rings is 1. The van der Waals surface area contributed by atoms with Crippen molar-refractivity contribution >= 4 is 17.2 Å². The molecule has 252 valence electrons. The molecule has 18 heteroatoms. The molecule has 0 bridgehead atoms. The average Bonchev–Trinajstić information content (AvgIpc) is 3.01. The van der Waals surface area contributed by atoms with E-state index in [1.807, 2.05) is 19.1 Å². The molecule has 1 aliphatic carbocycles. The second-order valence-corrected chi connectivity index (χ2v) is 11.5. The van der Waals surface area contributed by atoms with Crippen LogP contribution < -0.4 is 28.7 Å². The molecule has 17 nitrogen and oxygen atoms in total. The van der Waals surface area contributed by atoms with Gasteiger partial charge in [0.15, 0.2) is 12.6 Å². The zero-order valence-electron chi connectivity index (χ0n) is 24.2. The maximum absolute atomic E-state index is 10.9. The smallest absolute Gasteiger partial charge is 0.187 e. The van der Waals surface area contributed by atoms with Crippen LogP contribution in [-0.4, -0.2) is 151 Å². The molecule has 0 aromatic carbocycles. The molecular weight excluding hydrogens is 604 g/mol. The number of aliphatic hydroxyl groups excluding tert-OH is 7. The van der Waals surface area contributed by atoms with Gasteiger partial charge in [-0.3, -0.25) is 4.98 Å². The molecular formula is C26H46N6O11S. The third-order valence-electron chi connectivity index (χ3n) is 7.95. The first-order valence-electron chi connectivity index (χ1n) is 14.3. The van der Waals surface area contributed by atoms with Gasteiger partial charge in [-0.25, -0.2) is 0 Å². The summed E-state index contributed by atoms with van der Waals surface area (Å²) in [5.74, 6) is 0. The van der Waals surface area contributed by atoms with Gasteiger partial charge in [0.2, 0.25) is 0 Å². The fourth-order valence-corrected chi connectivity index (χ4v) is 5.35. The highest BCUT2D eigenvalue weighted by Gasteiger charge is 2.51. The van der Waals surface area contributed by atoms with Gasteiger partial charge in [-0.15, -0.1) is 0 Å². The highest BCUT2D eigenvalue weighted by molar-refractivity contribution is 7.80. The summed E-state index contributed by atoms with van der Waals surface area (Å²) in [6, 6.07) is 0.878. The van der Waals surface area contributed by atoms with Crippen LogP contribution in [0.25, 0.3) is 0 Å². The van der Waals surface area contributed by atoms with E-state index in [2.05, 4.69) is 4.98 Å². The van der Waals surface area contributed by atoms with E-state index >= 15 is 0 Å². The minimum absolute atomic E-state index is 0.0849. The highest BCUT2D eigenvalue weighted by atomic mass is 32.1. The van der Waals surface area contributed by atoms with Crippen molar-refractivity contribution in [1.82, 2.24) is 4.98 Å². The molecule has 1 aromatic rings. The van der Waals surface area contributed by atoms with E-state index in [9.17, 15) is 35.7 Å². The third kappa shape index (κ3) is 8.42. The Labute approximate surface area is 259 Å². The van der Waals surface area contributed by atoms with Crippen molar-refractivity contribution in [2.24, 2.45) is 28.7 Å². The van der Waals surface area contributed by atoms with E-state index < -0.39 is 98.4 Å². The van der Waals surface area contributed by atoms with E-state index in [-0.39, 0.29) is 13.0 Å². The van der Waals surface area contributed by atoms with Crippen molar-refractivity contribution in [3.05, 3.63) is 29.6 Å². The second kappa shape index (κ2) is 16.3. The quantitative estimate of drug-likeness (QED) is 0.116. The number of thiocarbonyl (C=S) groups is 1. The molecule has 44 heavy (non-hydrogen) atoms. The SMILES string of the molecule is CCc1cc(C(N)=S)ccn1.NC[C@H]1O[C@H](O[C@H]2[C@H](O)[C@@H](O[C@H]3O[C@H](CO)[C@@H](O)[C@H](N)[C@H]3O)[C@H](N)C[C@@H]2N)[C@H](O)[C@@H](O)[C@@H]1O. The average molecular weight is 651 g/mol. The molecule has 0 spiro atoms. The number of aromatic nitrogens is 1. The number of ether oxygens (including phenoxy) is 4. The van der Waals surface area contributed by atoms with Crippen molar-refractivity contribution in [3.63, 3.8) is 0 Å². The Bertz CT molecular complexity index is 1010. The number of nitrogens with two attached hydrogens (primary N) is 5. The lowest BCUT2D eigenvalue weighted by Gasteiger charge is -2.48. The van der Waals surface area contributed by atoms with Gasteiger partial charge in [0.25, 0.3) is 0 Å². The largest absolute Gasteiger partial charge is 0.394 e. The van der Waals surface area contributed by atoms with Crippen LogP contribution in [0.4, 0.5) is 0 Å².